The highest BCUT2D eigenvalue weighted by atomic mass is 16.5. The summed E-state index contributed by atoms with van der Waals surface area (Å²) >= 11 is 0. The van der Waals surface area contributed by atoms with Crippen molar-refractivity contribution in [3.63, 3.8) is 0 Å². The van der Waals surface area contributed by atoms with Crippen LogP contribution in [0.5, 0.6) is 5.75 Å². The number of benzene rings is 1. The third-order valence-electron chi connectivity index (χ3n) is 3.41. The fraction of sp³-hybridized carbons (Fsp3) is 0.118. The van der Waals surface area contributed by atoms with Crippen LogP contribution < -0.4 is 4.74 Å². The van der Waals surface area contributed by atoms with Gasteiger partial charge in [-0.15, -0.1) is 0 Å². The predicted octanol–water partition coefficient (Wildman–Crippen LogP) is 2.73. The minimum absolute atomic E-state index is 0.385. The molecule has 0 fully saturated rings. The van der Waals surface area contributed by atoms with Crippen molar-refractivity contribution in [2.45, 2.75) is 0 Å². The van der Waals surface area contributed by atoms with E-state index in [9.17, 15) is 4.79 Å². The molecule has 1 aromatic carbocycles. The van der Waals surface area contributed by atoms with Gasteiger partial charge in [-0.25, -0.2) is 14.5 Å². The highest BCUT2D eigenvalue weighted by Gasteiger charge is 2.14. The Kier molecular flexibility index (Phi) is 4.05. The van der Waals surface area contributed by atoms with Gasteiger partial charge in [-0.05, 0) is 29.8 Å². The molecular weight excluding hydrogens is 294 g/mol. The van der Waals surface area contributed by atoms with Crippen LogP contribution in [-0.4, -0.2) is 35.0 Å². The smallest absolute Gasteiger partial charge is 0.341 e. The number of carbonyl (C=O) groups is 1. The molecular formula is C17H15N3O3. The average molecular weight is 309 g/mol. The summed E-state index contributed by atoms with van der Waals surface area (Å²) in [5.41, 5.74) is 2.16. The van der Waals surface area contributed by atoms with E-state index in [0.717, 1.165) is 16.9 Å². The largest absolute Gasteiger partial charge is 0.496 e. The standard InChI is InChI=1S/C17H15N3O3/c1-22-15-9-12(6-7-14(15)17(21)23-2)13-10-19-20(11-13)16-5-3-4-8-18-16/h3-11H,1-2H3. The van der Waals surface area contributed by atoms with Gasteiger partial charge >= 0.3 is 5.97 Å². The maximum Gasteiger partial charge on any atom is 0.341 e. The summed E-state index contributed by atoms with van der Waals surface area (Å²) in [6.45, 7) is 0. The summed E-state index contributed by atoms with van der Waals surface area (Å²) in [6.07, 6.45) is 5.32. The molecule has 0 amide bonds. The van der Waals surface area contributed by atoms with E-state index in [1.54, 1.807) is 29.2 Å². The Morgan fingerprint density at radius 1 is 1.13 bits per heavy atom. The molecule has 0 N–H and O–H groups in total. The summed E-state index contributed by atoms with van der Waals surface area (Å²) in [5.74, 6) is 0.759. The molecule has 0 spiro atoms. The second-order valence-electron chi connectivity index (χ2n) is 4.77. The molecule has 6 heteroatoms. The molecule has 0 aliphatic carbocycles. The van der Waals surface area contributed by atoms with Crippen molar-refractivity contribution in [3.8, 4) is 22.7 Å². The van der Waals surface area contributed by atoms with E-state index in [0.29, 0.717) is 11.3 Å². The summed E-state index contributed by atoms with van der Waals surface area (Å²) in [7, 11) is 2.86. The number of carbonyl (C=O) groups excluding carboxylic acids is 1. The van der Waals surface area contributed by atoms with Gasteiger partial charge in [0.1, 0.15) is 11.3 Å². The van der Waals surface area contributed by atoms with E-state index in [1.807, 2.05) is 30.5 Å². The molecule has 0 aliphatic heterocycles. The number of aromatic nitrogens is 3. The molecule has 3 rings (SSSR count). The molecule has 2 heterocycles. The van der Waals surface area contributed by atoms with E-state index < -0.39 is 5.97 Å². The van der Waals surface area contributed by atoms with Crippen LogP contribution >= 0.6 is 0 Å². The molecule has 6 nitrogen and oxygen atoms in total. The maximum atomic E-state index is 11.7. The Hall–Kier alpha value is -3.15. The van der Waals surface area contributed by atoms with Crippen LogP contribution in [0.2, 0.25) is 0 Å². The van der Waals surface area contributed by atoms with Gasteiger partial charge in [0.05, 0.1) is 20.4 Å². The summed E-state index contributed by atoms with van der Waals surface area (Å²) in [6, 6.07) is 10.9. The molecule has 2 aromatic heterocycles. The highest BCUT2D eigenvalue weighted by molar-refractivity contribution is 5.93. The van der Waals surface area contributed by atoms with Crippen molar-refractivity contribution in [2.75, 3.05) is 14.2 Å². The van der Waals surface area contributed by atoms with E-state index in [4.69, 9.17) is 9.47 Å². The van der Waals surface area contributed by atoms with E-state index in [2.05, 4.69) is 10.1 Å². The normalized spacial score (nSPS) is 10.3. The summed E-state index contributed by atoms with van der Waals surface area (Å²) < 4.78 is 11.7. The fourth-order valence-electron chi connectivity index (χ4n) is 2.24. The first-order chi connectivity index (χ1) is 11.2. The highest BCUT2D eigenvalue weighted by Crippen LogP contribution is 2.28. The van der Waals surface area contributed by atoms with Crippen molar-refractivity contribution in [1.82, 2.24) is 14.8 Å². The lowest BCUT2D eigenvalue weighted by molar-refractivity contribution is 0.0597. The number of methoxy groups -OCH3 is 2. The monoisotopic (exact) mass is 309 g/mol. The molecule has 0 bridgehead atoms. The molecule has 23 heavy (non-hydrogen) atoms. The van der Waals surface area contributed by atoms with E-state index in [1.165, 1.54) is 14.2 Å². The van der Waals surface area contributed by atoms with Gasteiger partial charge in [-0.1, -0.05) is 12.1 Å². The lowest BCUT2D eigenvalue weighted by Gasteiger charge is -2.08. The van der Waals surface area contributed by atoms with Crippen LogP contribution in [0.25, 0.3) is 16.9 Å². The second-order valence-corrected chi connectivity index (χ2v) is 4.77. The Balaban J connectivity index is 1.97. The molecule has 0 unspecified atom stereocenters. The van der Waals surface area contributed by atoms with Crippen molar-refractivity contribution in [2.24, 2.45) is 0 Å². The topological polar surface area (TPSA) is 66.2 Å². The molecule has 3 aromatic rings. The van der Waals surface area contributed by atoms with Gasteiger partial charge < -0.3 is 9.47 Å². The average Bonchev–Trinajstić information content (AvgIpc) is 3.11. The lowest BCUT2D eigenvalue weighted by Crippen LogP contribution is -2.03. The number of esters is 1. The van der Waals surface area contributed by atoms with Crippen molar-refractivity contribution in [3.05, 3.63) is 60.6 Å². The number of rotatable bonds is 4. The van der Waals surface area contributed by atoms with Crippen LogP contribution in [0.1, 0.15) is 10.4 Å². The van der Waals surface area contributed by atoms with Crippen molar-refractivity contribution in [1.29, 1.82) is 0 Å². The minimum atomic E-state index is -0.433. The zero-order chi connectivity index (χ0) is 16.2. The molecule has 0 radical (unpaired) electrons. The second kappa shape index (κ2) is 6.31. The van der Waals surface area contributed by atoms with E-state index >= 15 is 0 Å². The van der Waals surface area contributed by atoms with Gasteiger partial charge in [0, 0.05) is 18.0 Å². The zero-order valence-corrected chi connectivity index (χ0v) is 12.8. The van der Waals surface area contributed by atoms with Crippen molar-refractivity contribution < 1.29 is 14.3 Å². The van der Waals surface area contributed by atoms with Crippen LogP contribution in [0.4, 0.5) is 0 Å². The van der Waals surface area contributed by atoms with Gasteiger partial charge in [0.25, 0.3) is 0 Å². The number of hydrogen-bond donors (Lipinski definition) is 0. The minimum Gasteiger partial charge on any atom is -0.496 e. The Morgan fingerprint density at radius 2 is 2.00 bits per heavy atom. The van der Waals surface area contributed by atoms with Crippen molar-refractivity contribution >= 4 is 5.97 Å². The van der Waals surface area contributed by atoms with Crippen LogP contribution in [0.3, 0.4) is 0 Å². The quantitative estimate of drug-likeness (QED) is 0.693. The Labute approximate surface area is 133 Å². The molecule has 116 valence electrons. The third-order valence-corrected chi connectivity index (χ3v) is 3.41. The Bertz CT molecular complexity index is 828. The first-order valence-corrected chi connectivity index (χ1v) is 6.95. The number of hydrogen-bond acceptors (Lipinski definition) is 5. The first kappa shape index (κ1) is 14.8. The molecule has 0 aliphatic rings. The first-order valence-electron chi connectivity index (χ1n) is 6.95. The Morgan fingerprint density at radius 3 is 2.70 bits per heavy atom. The molecule has 0 atom stereocenters. The molecule has 0 saturated heterocycles. The third kappa shape index (κ3) is 2.91. The maximum absolute atomic E-state index is 11.7. The van der Waals surface area contributed by atoms with Crippen LogP contribution in [-0.2, 0) is 4.74 Å². The SMILES string of the molecule is COC(=O)c1ccc(-c2cnn(-c3ccccn3)c2)cc1OC. The van der Waals surface area contributed by atoms with E-state index in [-0.39, 0.29) is 0 Å². The number of pyridine rings is 1. The van der Waals surface area contributed by atoms with Gasteiger partial charge in [-0.3, -0.25) is 0 Å². The number of ether oxygens (including phenoxy) is 2. The molecule has 0 saturated carbocycles. The predicted molar refractivity (Wildman–Crippen MR) is 84.7 cm³/mol. The van der Waals surface area contributed by atoms with Gasteiger partial charge in [0.2, 0.25) is 0 Å². The lowest BCUT2D eigenvalue weighted by atomic mass is 10.1. The summed E-state index contributed by atoms with van der Waals surface area (Å²) in [5, 5.41) is 4.31. The van der Waals surface area contributed by atoms with Crippen LogP contribution in [0, 0.1) is 0 Å². The van der Waals surface area contributed by atoms with Gasteiger partial charge in [0.15, 0.2) is 5.82 Å². The summed E-state index contributed by atoms with van der Waals surface area (Å²) in [4.78, 5) is 16.0. The zero-order valence-electron chi connectivity index (χ0n) is 12.8. The van der Waals surface area contributed by atoms with Crippen LogP contribution in [0.15, 0.2) is 55.0 Å². The van der Waals surface area contributed by atoms with Gasteiger partial charge in [-0.2, -0.15) is 5.10 Å². The number of nitrogens with zero attached hydrogens (tertiary/aromatic N) is 3. The fourth-order valence-corrected chi connectivity index (χ4v) is 2.24.